The van der Waals surface area contributed by atoms with Gasteiger partial charge in [0.15, 0.2) is 11.6 Å². The van der Waals surface area contributed by atoms with E-state index in [0.29, 0.717) is 12.0 Å². The maximum absolute atomic E-state index is 14.1. The van der Waals surface area contributed by atoms with E-state index in [0.717, 1.165) is 21.7 Å². The average molecular weight is 483 g/mol. The van der Waals surface area contributed by atoms with Crippen LogP contribution in [0.1, 0.15) is 29.5 Å². The highest BCUT2D eigenvalue weighted by Crippen LogP contribution is 2.57. The molecule has 3 atom stereocenters. The molecule has 3 unspecified atom stereocenters. The number of benzene rings is 3. The number of likely N-dealkylation sites (tertiary alicyclic amines) is 1. The Morgan fingerprint density at radius 2 is 1.51 bits per heavy atom. The number of thioether (sulfide) groups is 1. The summed E-state index contributed by atoms with van der Waals surface area (Å²) in [4.78, 5) is 32.9. The standard InChI is InChI=1S/C29H26N2O3S/c1-19(2)25(26(32)33)31-27(34)29(28(31)35-23(30-29)18-20-12-6-3-7-13-20)24(21-14-8-4-9-15-21)22-16-10-5-11-17-22/h3-17,24-25,28H,1,18H2,2H3,(H,32,33). The molecule has 0 spiro atoms. The van der Waals surface area contributed by atoms with E-state index in [9.17, 15) is 14.7 Å². The lowest BCUT2D eigenvalue weighted by atomic mass is 9.69. The van der Waals surface area contributed by atoms with Crippen molar-refractivity contribution in [2.75, 3.05) is 0 Å². The summed E-state index contributed by atoms with van der Waals surface area (Å²) in [6, 6.07) is 28.7. The average Bonchev–Trinajstić information content (AvgIpc) is 3.18. The molecule has 1 fully saturated rings. The molecule has 5 rings (SSSR count). The molecule has 1 saturated heterocycles. The molecule has 5 nitrogen and oxygen atoms in total. The van der Waals surface area contributed by atoms with Gasteiger partial charge < -0.3 is 10.0 Å². The molecule has 2 heterocycles. The Labute approximate surface area is 209 Å². The number of aliphatic imine (C=N–C) groups is 1. The maximum Gasteiger partial charge on any atom is 0.330 e. The minimum Gasteiger partial charge on any atom is -0.479 e. The van der Waals surface area contributed by atoms with Crippen LogP contribution in [0, 0.1) is 0 Å². The molecule has 6 heteroatoms. The van der Waals surface area contributed by atoms with Gasteiger partial charge in [-0.1, -0.05) is 109 Å². The van der Waals surface area contributed by atoms with Crippen molar-refractivity contribution >= 4 is 28.7 Å². The third kappa shape index (κ3) is 3.88. The zero-order valence-electron chi connectivity index (χ0n) is 19.4. The van der Waals surface area contributed by atoms with Crippen LogP contribution in [-0.4, -0.2) is 43.9 Å². The number of carboxylic acids is 1. The number of nitrogens with zero attached hydrogens (tertiary/aromatic N) is 2. The van der Waals surface area contributed by atoms with Crippen molar-refractivity contribution in [3.63, 3.8) is 0 Å². The van der Waals surface area contributed by atoms with E-state index in [4.69, 9.17) is 4.99 Å². The number of rotatable bonds is 8. The molecule has 1 N–H and O–H groups in total. The van der Waals surface area contributed by atoms with Crippen molar-refractivity contribution in [1.82, 2.24) is 4.90 Å². The summed E-state index contributed by atoms with van der Waals surface area (Å²) in [5, 5.41) is 10.4. The van der Waals surface area contributed by atoms with E-state index < -0.39 is 22.9 Å². The Morgan fingerprint density at radius 3 is 2.00 bits per heavy atom. The van der Waals surface area contributed by atoms with E-state index in [1.807, 2.05) is 91.0 Å². The van der Waals surface area contributed by atoms with Crippen LogP contribution in [0.15, 0.2) is 108 Å². The molecule has 0 bridgehead atoms. The van der Waals surface area contributed by atoms with Crippen molar-refractivity contribution in [3.05, 3.63) is 120 Å². The Kier molecular flexibility index (Phi) is 6.07. The van der Waals surface area contributed by atoms with Crippen molar-refractivity contribution in [2.24, 2.45) is 4.99 Å². The fourth-order valence-corrected chi connectivity index (χ4v) is 6.68. The zero-order valence-corrected chi connectivity index (χ0v) is 20.2. The SMILES string of the molecule is C=C(C)C(C(=O)O)N1C(=O)C2(C(c3ccccc3)c3ccccc3)N=C(Cc3ccccc3)SC12. The minimum absolute atomic E-state index is 0.272. The van der Waals surface area contributed by atoms with Crippen LogP contribution >= 0.6 is 11.8 Å². The van der Waals surface area contributed by atoms with Gasteiger partial charge in [-0.15, -0.1) is 0 Å². The summed E-state index contributed by atoms with van der Waals surface area (Å²) < 4.78 is 0. The van der Waals surface area contributed by atoms with Gasteiger partial charge in [0, 0.05) is 12.3 Å². The second-order valence-corrected chi connectivity index (χ2v) is 10.2. The highest BCUT2D eigenvalue weighted by Gasteiger charge is 2.70. The molecular formula is C29H26N2O3S. The number of carboxylic acid groups (broad SMARTS) is 1. The van der Waals surface area contributed by atoms with E-state index in [1.165, 1.54) is 16.7 Å². The normalized spacial score (nSPS) is 21.8. The Morgan fingerprint density at radius 1 is 1.00 bits per heavy atom. The molecule has 0 aliphatic carbocycles. The molecule has 35 heavy (non-hydrogen) atoms. The van der Waals surface area contributed by atoms with Crippen molar-refractivity contribution in [3.8, 4) is 0 Å². The lowest BCUT2D eigenvalue weighted by molar-refractivity contribution is -0.164. The molecule has 176 valence electrons. The van der Waals surface area contributed by atoms with Crippen LogP contribution in [0.4, 0.5) is 0 Å². The first kappa shape index (κ1) is 23.1. The first-order chi connectivity index (χ1) is 16.9. The van der Waals surface area contributed by atoms with Crippen LogP contribution in [0.2, 0.25) is 0 Å². The highest BCUT2D eigenvalue weighted by atomic mass is 32.2. The maximum atomic E-state index is 14.1. The summed E-state index contributed by atoms with van der Waals surface area (Å²) in [6.07, 6.45) is 0.589. The molecule has 2 aliphatic heterocycles. The molecular weight excluding hydrogens is 456 g/mol. The number of amides is 1. The summed E-state index contributed by atoms with van der Waals surface area (Å²) in [6.45, 7) is 5.53. The number of hydrogen-bond donors (Lipinski definition) is 1. The molecule has 3 aromatic rings. The predicted octanol–water partition coefficient (Wildman–Crippen LogP) is 5.14. The monoisotopic (exact) mass is 482 g/mol. The van der Waals surface area contributed by atoms with E-state index in [2.05, 4.69) is 6.58 Å². The summed E-state index contributed by atoms with van der Waals surface area (Å²) in [7, 11) is 0. The van der Waals surface area contributed by atoms with Gasteiger partial charge in [-0.05, 0) is 29.2 Å². The van der Waals surface area contributed by atoms with Crippen molar-refractivity contribution in [2.45, 2.75) is 36.2 Å². The van der Waals surface area contributed by atoms with Gasteiger partial charge in [-0.2, -0.15) is 0 Å². The number of fused-ring (bicyclic) bond motifs is 1. The predicted molar refractivity (Wildman–Crippen MR) is 140 cm³/mol. The molecule has 2 aliphatic rings. The lowest BCUT2D eigenvalue weighted by Gasteiger charge is -2.55. The van der Waals surface area contributed by atoms with Crippen molar-refractivity contribution in [1.29, 1.82) is 0 Å². The third-order valence-electron chi connectivity index (χ3n) is 6.65. The number of carbonyl (C=O) groups is 2. The van der Waals surface area contributed by atoms with E-state index >= 15 is 0 Å². The van der Waals surface area contributed by atoms with Gasteiger partial charge in [-0.3, -0.25) is 9.79 Å². The molecule has 3 aromatic carbocycles. The first-order valence-corrected chi connectivity index (χ1v) is 12.4. The van der Waals surface area contributed by atoms with Gasteiger partial charge in [0.25, 0.3) is 5.91 Å². The third-order valence-corrected chi connectivity index (χ3v) is 7.96. The Balaban J connectivity index is 1.66. The van der Waals surface area contributed by atoms with Crippen molar-refractivity contribution < 1.29 is 14.7 Å². The quantitative estimate of drug-likeness (QED) is 0.356. The topological polar surface area (TPSA) is 70.0 Å². The van der Waals surface area contributed by atoms with E-state index in [1.54, 1.807) is 6.92 Å². The fraction of sp³-hybridized carbons (Fsp3) is 0.207. The zero-order chi connectivity index (χ0) is 24.6. The van der Waals surface area contributed by atoms with Gasteiger partial charge in [0.05, 0.1) is 5.04 Å². The summed E-state index contributed by atoms with van der Waals surface area (Å²) in [5.41, 5.74) is 2.35. The molecule has 0 aromatic heterocycles. The summed E-state index contributed by atoms with van der Waals surface area (Å²) in [5.74, 6) is -1.70. The molecule has 0 saturated carbocycles. The van der Waals surface area contributed by atoms with Gasteiger partial charge >= 0.3 is 5.97 Å². The number of carbonyl (C=O) groups excluding carboxylic acids is 1. The number of hydrogen-bond acceptors (Lipinski definition) is 4. The second-order valence-electron chi connectivity index (χ2n) is 9.02. The Bertz CT molecular complexity index is 1240. The highest BCUT2D eigenvalue weighted by molar-refractivity contribution is 8.15. The largest absolute Gasteiger partial charge is 0.479 e. The molecule has 1 amide bonds. The van der Waals surface area contributed by atoms with Crippen LogP contribution in [0.25, 0.3) is 0 Å². The first-order valence-electron chi connectivity index (χ1n) is 11.5. The van der Waals surface area contributed by atoms with Gasteiger partial charge in [-0.25, -0.2) is 4.79 Å². The van der Waals surface area contributed by atoms with E-state index in [-0.39, 0.29) is 11.8 Å². The van der Waals surface area contributed by atoms with Crippen LogP contribution in [-0.2, 0) is 16.0 Å². The smallest absolute Gasteiger partial charge is 0.330 e. The Hall–Kier alpha value is -3.64. The van der Waals surface area contributed by atoms with Crippen LogP contribution in [0.5, 0.6) is 0 Å². The minimum atomic E-state index is -1.12. The summed E-state index contributed by atoms with van der Waals surface area (Å²) >= 11 is 1.50. The second kappa shape index (κ2) is 9.19. The molecule has 0 radical (unpaired) electrons. The number of β-lactam (4-membered cyclic amide) rings is 1. The van der Waals surface area contributed by atoms with Crippen LogP contribution < -0.4 is 0 Å². The van der Waals surface area contributed by atoms with Crippen LogP contribution in [0.3, 0.4) is 0 Å². The van der Waals surface area contributed by atoms with Gasteiger partial charge in [0.1, 0.15) is 5.37 Å². The number of aliphatic carboxylic acids is 1. The van der Waals surface area contributed by atoms with Gasteiger partial charge in [0.2, 0.25) is 0 Å². The fourth-order valence-electron chi connectivity index (χ4n) is 5.17. The lowest BCUT2D eigenvalue weighted by Crippen LogP contribution is -2.75.